The predicted octanol–water partition coefficient (Wildman–Crippen LogP) is 3.87. The zero-order chi connectivity index (χ0) is 19.5. The zero-order valence-corrected chi connectivity index (χ0v) is 15.9. The SMILES string of the molecule is O=C1Nc2ccc(SNc3ccc(C(=O)NO)cc3)cc2/C1=C\c1nccs1. The van der Waals surface area contributed by atoms with Crippen molar-refractivity contribution in [2.75, 3.05) is 10.0 Å². The van der Waals surface area contributed by atoms with Crippen molar-refractivity contribution in [1.82, 2.24) is 10.5 Å². The summed E-state index contributed by atoms with van der Waals surface area (Å²) in [6, 6.07) is 12.4. The Kier molecular flexibility index (Phi) is 5.11. The van der Waals surface area contributed by atoms with Gasteiger partial charge in [-0.3, -0.25) is 14.8 Å². The van der Waals surface area contributed by atoms with Crippen LogP contribution >= 0.6 is 23.3 Å². The van der Waals surface area contributed by atoms with Gasteiger partial charge in [-0.25, -0.2) is 10.5 Å². The number of nitrogens with zero attached hydrogens (tertiary/aromatic N) is 1. The van der Waals surface area contributed by atoms with Crippen molar-refractivity contribution in [2.24, 2.45) is 0 Å². The standard InChI is InChI=1S/C19H14N4O3S2/c24-18(22-26)11-1-3-12(4-2-11)23-28-13-5-6-16-14(9-13)15(19(25)21-16)10-17-20-7-8-27-17/h1-10,23,26H,(H,21,25)(H,22,24)/b15-10+. The van der Waals surface area contributed by atoms with E-state index in [9.17, 15) is 9.59 Å². The molecule has 0 saturated heterocycles. The Bertz CT molecular complexity index is 1060. The Balaban J connectivity index is 1.51. The van der Waals surface area contributed by atoms with Gasteiger partial charge in [0.1, 0.15) is 5.01 Å². The second kappa shape index (κ2) is 7.85. The monoisotopic (exact) mass is 410 g/mol. The summed E-state index contributed by atoms with van der Waals surface area (Å²) < 4.78 is 3.20. The Hall–Kier alpha value is -3.14. The third-order valence-corrected chi connectivity index (χ3v) is 5.58. The van der Waals surface area contributed by atoms with E-state index in [4.69, 9.17) is 5.21 Å². The topological polar surface area (TPSA) is 103 Å². The molecule has 0 bridgehead atoms. The first-order chi connectivity index (χ1) is 13.6. The van der Waals surface area contributed by atoms with Crippen molar-refractivity contribution in [3.05, 3.63) is 70.2 Å². The molecule has 2 amide bonds. The van der Waals surface area contributed by atoms with E-state index >= 15 is 0 Å². The number of fused-ring (bicyclic) bond motifs is 1. The summed E-state index contributed by atoms with van der Waals surface area (Å²) in [7, 11) is 0. The van der Waals surface area contributed by atoms with Gasteiger partial charge < -0.3 is 10.0 Å². The maximum atomic E-state index is 12.3. The second-order valence-electron chi connectivity index (χ2n) is 5.81. The summed E-state index contributed by atoms with van der Waals surface area (Å²) in [5, 5.41) is 14.2. The smallest absolute Gasteiger partial charge is 0.274 e. The third kappa shape index (κ3) is 3.77. The minimum absolute atomic E-state index is 0.141. The van der Waals surface area contributed by atoms with E-state index in [-0.39, 0.29) is 5.91 Å². The fourth-order valence-electron chi connectivity index (χ4n) is 2.68. The average molecular weight is 410 g/mol. The van der Waals surface area contributed by atoms with Gasteiger partial charge in [0.15, 0.2) is 0 Å². The van der Waals surface area contributed by atoms with E-state index in [0.29, 0.717) is 11.1 Å². The van der Waals surface area contributed by atoms with Gasteiger partial charge in [0.05, 0.1) is 5.57 Å². The van der Waals surface area contributed by atoms with Crippen LogP contribution in [0.15, 0.2) is 58.9 Å². The first-order valence-electron chi connectivity index (χ1n) is 8.18. The normalized spacial score (nSPS) is 13.9. The van der Waals surface area contributed by atoms with Crippen LogP contribution in [0.5, 0.6) is 0 Å². The molecule has 2 heterocycles. The van der Waals surface area contributed by atoms with Gasteiger partial charge in [0.2, 0.25) is 0 Å². The van der Waals surface area contributed by atoms with E-state index in [1.807, 2.05) is 23.6 Å². The van der Waals surface area contributed by atoms with Crippen LogP contribution in [0.25, 0.3) is 11.6 Å². The largest absolute Gasteiger partial charge is 0.326 e. The van der Waals surface area contributed by atoms with Crippen LogP contribution in [-0.2, 0) is 4.79 Å². The van der Waals surface area contributed by atoms with E-state index in [1.54, 1.807) is 42.0 Å². The molecule has 9 heteroatoms. The van der Waals surface area contributed by atoms with Crippen LogP contribution < -0.4 is 15.5 Å². The Labute approximate surface area is 168 Å². The highest BCUT2D eigenvalue weighted by atomic mass is 32.2. The van der Waals surface area contributed by atoms with Gasteiger partial charge in [-0.1, -0.05) is 0 Å². The number of carbonyl (C=O) groups is 2. The molecule has 140 valence electrons. The summed E-state index contributed by atoms with van der Waals surface area (Å²) in [6.07, 6.45) is 3.50. The molecule has 0 atom stereocenters. The number of benzene rings is 2. The molecule has 7 nitrogen and oxygen atoms in total. The molecule has 2 aromatic carbocycles. The lowest BCUT2D eigenvalue weighted by Gasteiger charge is -2.08. The molecular formula is C19H14N4O3S2. The van der Waals surface area contributed by atoms with E-state index in [1.165, 1.54) is 23.3 Å². The van der Waals surface area contributed by atoms with Gasteiger partial charge >= 0.3 is 0 Å². The zero-order valence-electron chi connectivity index (χ0n) is 14.3. The molecule has 0 spiro atoms. The average Bonchev–Trinajstić information content (AvgIpc) is 3.34. The van der Waals surface area contributed by atoms with Gasteiger partial charge in [0, 0.05) is 39.0 Å². The molecule has 3 aromatic rings. The fraction of sp³-hybridized carbons (Fsp3) is 0. The molecule has 1 aliphatic heterocycles. The third-order valence-electron chi connectivity index (χ3n) is 4.03. The number of amides is 2. The molecule has 4 rings (SSSR count). The molecule has 0 unspecified atom stereocenters. The molecular weight excluding hydrogens is 396 g/mol. The van der Waals surface area contributed by atoms with Gasteiger partial charge in [0.25, 0.3) is 11.8 Å². The van der Waals surface area contributed by atoms with E-state index in [2.05, 4.69) is 15.0 Å². The summed E-state index contributed by atoms with van der Waals surface area (Å²) in [4.78, 5) is 28.8. The highest BCUT2D eigenvalue weighted by molar-refractivity contribution is 8.00. The number of anilines is 2. The van der Waals surface area contributed by atoms with Gasteiger partial charge in [-0.15, -0.1) is 11.3 Å². The summed E-state index contributed by atoms with van der Waals surface area (Å²) in [5.41, 5.74) is 4.96. The maximum Gasteiger partial charge on any atom is 0.274 e. The van der Waals surface area contributed by atoms with Crippen molar-refractivity contribution in [1.29, 1.82) is 0 Å². The Morgan fingerprint density at radius 2 is 2.04 bits per heavy atom. The summed E-state index contributed by atoms with van der Waals surface area (Å²) in [5.74, 6) is -0.701. The number of aromatic nitrogens is 1. The molecule has 1 aliphatic rings. The highest BCUT2D eigenvalue weighted by Gasteiger charge is 2.24. The molecule has 0 radical (unpaired) electrons. The minimum atomic E-state index is -0.561. The van der Waals surface area contributed by atoms with Crippen molar-refractivity contribution < 1.29 is 14.8 Å². The van der Waals surface area contributed by atoms with E-state index in [0.717, 1.165) is 26.8 Å². The number of rotatable bonds is 5. The maximum absolute atomic E-state index is 12.3. The van der Waals surface area contributed by atoms with Crippen LogP contribution in [0.2, 0.25) is 0 Å². The molecule has 0 saturated carbocycles. The van der Waals surface area contributed by atoms with E-state index < -0.39 is 5.91 Å². The first-order valence-corrected chi connectivity index (χ1v) is 9.88. The van der Waals surface area contributed by atoms with Crippen molar-refractivity contribution in [2.45, 2.75) is 4.90 Å². The lowest BCUT2D eigenvalue weighted by atomic mass is 10.1. The van der Waals surface area contributed by atoms with Gasteiger partial charge in [-0.05, 0) is 60.5 Å². The number of hydrogen-bond acceptors (Lipinski definition) is 7. The van der Waals surface area contributed by atoms with Crippen LogP contribution in [0, 0.1) is 0 Å². The Morgan fingerprint density at radius 1 is 1.21 bits per heavy atom. The minimum Gasteiger partial charge on any atom is -0.326 e. The molecule has 0 fully saturated rings. The molecule has 4 N–H and O–H groups in total. The number of nitrogens with one attached hydrogen (secondary N) is 3. The Morgan fingerprint density at radius 3 is 2.75 bits per heavy atom. The van der Waals surface area contributed by atoms with Crippen LogP contribution in [0.3, 0.4) is 0 Å². The van der Waals surface area contributed by atoms with Gasteiger partial charge in [-0.2, -0.15) is 0 Å². The van der Waals surface area contributed by atoms with Crippen molar-refractivity contribution in [3.8, 4) is 0 Å². The summed E-state index contributed by atoms with van der Waals surface area (Å²) >= 11 is 2.87. The molecule has 0 aliphatic carbocycles. The second-order valence-corrected chi connectivity index (χ2v) is 7.62. The number of thiazole rings is 1. The highest BCUT2D eigenvalue weighted by Crippen LogP contribution is 2.36. The first kappa shape index (κ1) is 18.2. The lowest BCUT2D eigenvalue weighted by molar-refractivity contribution is -0.110. The van der Waals surface area contributed by atoms with Crippen molar-refractivity contribution in [3.63, 3.8) is 0 Å². The van der Waals surface area contributed by atoms with Crippen LogP contribution in [0.4, 0.5) is 11.4 Å². The number of carbonyl (C=O) groups excluding carboxylic acids is 2. The molecule has 28 heavy (non-hydrogen) atoms. The molecule has 1 aromatic heterocycles. The summed E-state index contributed by atoms with van der Waals surface area (Å²) in [6.45, 7) is 0. The predicted molar refractivity (Wildman–Crippen MR) is 110 cm³/mol. The van der Waals surface area contributed by atoms with Crippen molar-refractivity contribution >= 4 is 58.1 Å². The fourth-order valence-corrected chi connectivity index (χ4v) is 3.93. The van der Waals surface area contributed by atoms with Crippen LogP contribution in [-0.4, -0.2) is 22.0 Å². The lowest BCUT2D eigenvalue weighted by Crippen LogP contribution is -2.18. The number of hydrogen-bond donors (Lipinski definition) is 4. The quantitative estimate of drug-likeness (QED) is 0.220. The van der Waals surface area contributed by atoms with Crippen LogP contribution in [0.1, 0.15) is 20.9 Å². The number of hydroxylamine groups is 1.